The highest BCUT2D eigenvalue weighted by molar-refractivity contribution is 5.28. The lowest BCUT2D eigenvalue weighted by molar-refractivity contribution is 0.103. The average molecular weight is 269 g/mol. The number of aromatic nitrogens is 2. The van der Waals surface area contributed by atoms with Crippen LogP contribution in [0.25, 0.3) is 0 Å². The summed E-state index contributed by atoms with van der Waals surface area (Å²) >= 11 is 0. The normalized spacial score (nSPS) is 11.2. The Balaban J connectivity index is 2.35. The maximum atomic E-state index is 5.61. The zero-order valence-corrected chi connectivity index (χ0v) is 12.6. The van der Waals surface area contributed by atoms with Crippen molar-refractivity contribution < 1.29 is 9.47 Å². The van der Waals surface area contributed by atoms with Crippen LogP contribution < -0.4 is 5.32 Å². The van der Waals surface area contributed by atoms with Gasteiger partial charge in [-0.3, -0.25) is 0 Å². The van der Waals surface area contributed by atoms with Crippen molar-refractivity contribution in [3.05, 3.63) is 11.9 Å². The molecule has 0 aliphatic carbocycles. The first-order chi connectivity index (χ1) is 9.13. The van der Waals surface area contributed by atoms with Gasteiger partial charge in [0.1, 0.15) is 0 Å². The fraction of sp³-hybridized carbons (Fsp3) is 0.786. The summed E-state index contributed by atoms with van der Waals surface area (Å²) in [6, 6.07) is 0. The van der Waals surface area contributed by atoms with E-state index in [9.17, 15) is 0 Å². The number of ether oxygens (including phenoxy) is 2. The van der Waals surface area contributed by atoms with E-state index >= 15 is 0 Å². The van der Waals surface area contributed by atoms with Crippen LogP contribution in [0.3, 0.4) is 0 Å². The minimum atomic E-state index is 0.580. The maximum Gasteiger partial charge on any atom is 0.203 e. The van der Waals surface area contributed by atoms with Crippen LogP contribution in [0.5, 0.6) is 0 Å². The van der Waals surface area contributed by atoms with Crippen molar-refractivity contribution in [2.24, 2.45) is 5.92 Å². The number of hydrogen-bond acceptors (Lipinski definition) is 4. The summed E-state index contributed by atoms with van der Waals surface area (Å²) in [7, 11) is 1.72. The zero-order chi connectivity index (χ0) is 14.1. The van der Waals surface area contributed by atoms with E-state index in [1.54, 1.807) is 7.11 Å². The Morgan fingerprint density at radius 3 is 2.84 bits per heavy atom. The third kappa shape index (κ3) is 6.59. The molecular formula is C14H27N3O2. The van der Waals surface area contributed by atoms with E-state index in [4.69, 9.17) is 9.47 Å². The van der Waals surface area contributed by atoms with Crippen LogP contribution in [0.2, 0.25) is 0 Å². The van der Waals surface area contributed by atoms with Crippen LogP contribution in [0.15, 0.2) is 6.20 Å². The van der Waals surface area contributed by atoms with Crippen LogP contribution in [0, 0.1) is 12.8 Å². The summed E-state index contributed by atoms with van der Waals surface area (Å²) in [5, 5.41) is 3.33. The van der Waals surface area contributed by atoms with E-state index < -0.39 is 0 Å². The second-order valence-electron chi connectivity index (χ2n) is 5.14. The minimum absolute atomic E-state index is 0.580. The molecule has 1 aromatic heterocycles. The molecule has 1 N–H and O–H groups in total. The molecule has 1 heterocycles. The average Bonchev–Trinajstić information content (AvgIpc) is 2.71. The highest BCUT2D eigenvalue weighted by Gasteiger charge is 2.05. The first kappa shape index (κ1) is 16.0. The van der Waals surface area contributed by atoms with Crippen LogP contribution >= 0.6 is 0 Å². The smallest absolute Gasteiger partial charge is 0.203 e. The van der Waals surface area contributed by atoms with E-state index in [1.807, 2.05) is 6.92 Å². The van der Waals surface area contributed by atoms with Crippen LogP contribution in [0.4, 0.5) is 5.95 Å². The number of hydrogen-bond donors (Lipinski definition) is 1. The molecule has 19 heavy (non-hydrogen) atoms. The molecule has 0 saturated carbocycles. The molecule has 0 unspecified atom stereocenters. The number of anilines is 1. The number of nitrogens with one attached hydrogen (secondary N) is 1. The molecule has 0 amide bonds. The van der Waals surface area contributed by atoms with Gasteiger partial charge in [0.15, 0.2) is 0 Å². The first-order valence-electron chi connectivity index (χ1n) is 6.97. The van der Waals surface area contributed by atoms with Gasteiger partial charge >= 0.3 is 0 Å². The molecule has 0 aliphatic rings. The first-order valence-corrected chi connectivity index (χ1v) is 6.97. The lowest BCUT2D eigenvalue weighted by atomic mass is 10.2. The van der Waals surface area contributed by atoms with Crippen molar-refractivity contribution in [1.82, 2.24) is 9.55 Å². The Bertz CT molecular complexity index is 350. The van der Waals surface area contributed by atoms with Gasteiger partial charge in [-0.05, 0) is 19.3 Å². The molecule has 0 aliphatic heterocycles. The van der Waals surface area contributed by atoms with Gasteiger partial charge in [0.2, 0.25) is 5.95 Å². The summed E-state index contributed by atoms with van der Waals surface area (Å²) in [5.41, 5.74) is 1.03. The van der Waals surface area contributed by atoms with Gasteiger partial charge in [0.05, 0.1) is 12.3 Å². The van der Waals surface area contributed by atoms with Gasteiger partial charge in [-0.1, -0.05) is 13.8 Å². The molecule has 0 bridgehead atoms. The molecule has 5 nitrogen and oxygen atoms in total. The van der Waals surface area contributed by atoms with E-state index in [0.717, 1.165) is 51.0 Å². The van der Waals surface area contributed by atoms with Crippen molar-refractivity contribution in [1.29, 1.82) is 0 Å². The van der Waals surface area contributed by atoms with Crippen molar-refractivity contribution >= 4 is 5.95 Å². The second kappa shape index (κ2) is 8.93. The summed E-state index contributed by atoms with van der Waals surface area (Å²) in [6.45, 7) is 10.3. The number of methoxy groups -OCH3 is 1. The summed E-state index contributed by atoms with van der Waals surface area (Å²) in [4.78, 5) is 4.48. The SMILES string of the molecule is COCCCNc1nc(C)cn1CCOCC(C)C. The third-order valence-electron chi connectivity index (χ3n) is 2.63. The van der Waals surface area contributed by atoms with Gasteiger partial charge in [-0.15, -0.1) is 0 Å². The molecule has 1 rings (SSSR count). The lowest BCUT2D eigenvalue weighted by Crippen LogP contribution is -2.13. The van der Waals surface area contributed by atoms with Crippen LogP contribution in [-0.4, -0.2) is 43.0 Å². The topological polar surface area (TPSA) is 48.3 Å². The van der Waals surface area contributed by atoms with E-state index in [2.05, 4.69) is 34.9 Å². The summed E-state index contributed by atoms with van der Waals surface area (Å²) < 4.78 is 12.8. The standard InChI is InChI=1S/C14H27N3O2/c1-12(2)11-19-9-7-17-10-13(3)16-14(17)15-6-5-8-18-4/h10,12H,5-9,11H2,1-4H3,(H,15,16). The molecular weight excluding hydrogens is 242 g/mol. The second-order valence-corrected chi connectivity index (χ2v) is 5.14. The molecule has 0 spiro atoms. The lowest BCUT2D eigenvalue weighted by Gasteiger charge is -2.11. The Morgan fingerprint density at radius 1 is 1.37 bits per heavy atom. The number of aryl methyl sites for hydroxylation is 1. The van der Waals surface area contributed by atoms with Crippen molar-refractivity contribution in [3.63, 3.8) is 0 Å². The number of imidazole rings is 1. The fourth-order valence-corrected chi connectivity index (χ4v) is 1.76. The molecule has 0 fully saturated rings. The summed E-state index contributed by atoms with van der Waals surface area (Å²) in [5.74, 6) is 1.50. The third-order valence-corrected chi connectivity index (χ3v) is 2.63. The number of rotatable bonds is 10. The van der Waals surface area contributed by atoms with Crippen molar-refractivity contribution in [3.8, 4) is 0 Å². The summed E-state index contributed by atoms with van der Waals surface area (Å²) in [6.07, 6.45) is 3.03. The monoisotopic (exact) mass is 269 g/mol. The van der Waals surface area contributed by atoms with Crippen molar-refractivity contribution in [2.75, 3.05) is 38.8 Å². The number of nitrogens with zero attached hydrogens (tertiary/aromatic N) is 2. The van der Waals surface area contributed by atoms with E-state index in [0.29, 0.717) is 5.92 Å². The van der Waals surface area contributed by atoms with Crippen LogP contribution in [0.1, 0.15) is 26.0 Å². The van der Waals surface area contributed by atoms with Crippen molar-refractivity contribution in [2.45, 2.75) is 33.7 Å². The molecule has 0 aromatic carbocycles. The van der Waals surface area contributed by atoms with E-state index in [1.165, 1.54) is 0 Å². The Labute approximate surface area is 116 Å². The minimum Gasteiger partial charge on any atom is -0.385 e. The Kier molecular flexibility index (Phi) is 7.52. The quantitative estimate of drug-likeness (QED) is 0.662. The molecule has 0 atom stereocenters. The van der Waals surface area contributed by atoms with Gasteiger partial charge in [0.25, 0.3) is 0 Å². The highest BCUT2D eigenvalue weighted by atomic mass is 16.5. The van der Waals surface area contributed by atoms with E-state index in [-0.39, 0.29) is 0 Å². The van der Waals surface area contributed by atoms with Gasteiger partial charge in [-0.25, -0.2) is 4.98 Å². The Hall–Kier alpha value is -1.07. The van der Waals surface area contributed by atoms with Gasteiger partial charge in [0, 0.05) is 39.6 Å². The Morgan fingerprint density at radius 2 is 2.16 bits per heavy atom. The van der Waals surface area contributed by atoms with Crippen LogP contribution in [-0.2, 0) is 16.0 Å². The predicted molar refractivity (Wildman–Crippen MR) is 77.6 cm³/mol. The zero-order valence-electron chi connectivity index (χ0n) is 12.6. The highest BCUT2D eigenvalue weighted by Crippen LogP contribution is 2.08. The molecule has 5 heteroatoms. The fourth-order valence-electron chi connectivity index (χ4n) is 1.76. The van der Waals surface area contributed by atoms with Gasteiger partial charge < -0.3 is 19.4 Å². The predicted octanol–water partition coefficient (Wildman–Crippen LogP) is 2.31. The van der Waals surface area contributed by atoms with Gasteiger partial charge in [-0.2, -0.15) is 0 Å². The largest absolute Gasteiger partial charge is 0.385 e. The molecule has 0 radical (unpaired) electrons. The maximum absolute atomic E-state index is 5.61. The molecule has 1 aromatic rings. The molecule has 110 valence electrons. The molecule has 0 saturated heterocycles.